The summed E-state index contributed by atoms with van der Waals surface area (Å²) < 4.78 is 12.9. The number of nitrogens with one attached hydrogen (secondary N) is 1. The van der Waals surface area contributed by atoms with Gasteiger partial charge < -0.3 is 10.2 Å². The lowest BCUT2D eigenvalue weighted by molar-refractivity contribution is 0.627. The van der Waals surface area contributed by atoms with Crippen LogP contribution in [0.3, 0.4) is 0 Å². The first-order chi connectivity index (χ1) is 9.83. The molecule has 1 aromatic heterocycles. The minimum atomic E-state index is -0.212. The molecule has 2 rings (SSSR count). The largest absolute Gasteiger partial charge is 0.365 e. The molecule has 21 heavy (non-hydrogen) atoms. The number of benzene rings is 1. The van der Waals surface area contributed by atoms with Gasteiger partial charge in [-0.05, 0) is 50.6 Å². The van der Waals surface area contributed by atoms with Crippen LogP contribution in [0.5, 0.6) is 0 Å². The molecule has 0 aliphatic carbocycles. The SMILES string of the molecule is CN(Cc1ccc(F)cc1)c1cccc(NC(C)(C)C)n1. The van der Waals surface area contributed by atoms with Gasteiger partial charge >= 0.3 is 0 Å². The van der Waals surface area contributed by atoms with Gasteiger partial charge in [0.05, 0.1) is 0 Å². The van der Waals surface area contributed by atoms with Gasteiger partial charge in [-0.1, -0.05) is 18.2 Å². The van der Waals surface area contributed by atoms with Crippen molar-refractivity contribution < 1.29 is 4.39 Å². The quantitative estimate of drug-likeness (QED) is 0.919. The van der Waals surface area contributed by atoms with Gasteiger partial charge in [0.1, 0.15) is 17.5 Å². The van der Waals surface area contributed by atoms with Crippen LogP contribution < -0.4 is 10.2 Å². The fraction of sp³-hybridized carbons (Fsp3) is 0.353. The number of hydrogen-bond donors (Lipinski definition) is 1. The summed E-state index contributed by atoms with van der Waals surface area (Å²) >= 11 is 0. The van der Waals surface area contributed by atoms with Crippen molar-refractivity contribution in [2.24, 2.45) is 0 Å². The summed E-state index contributed by atoms with van der Waals surface area (Å²) in [6.45, 7) is 6.99. The molecule has 112 valence electrons. The molecule has 0 atom stereocenters. The number of rotatable bonds is 4. The molecule has 4 heteroatoms. The van der Waals surface area contributed by atoms with Crippen LogP contribution in [0.4, 0.5) is 16.0 Å². The Hall–Kier alpha value is -2.10. The maximum Gasteiger partial charge on any atom is 0.130 e. The maximum atomic E-state index is 12.9. The predicted molar refractivity (Wildman–Crippen MR) is 86.1 cm³/mol. The second kappa shape index (κ2) is 6.12. The van der Waals surface area contributed by atoms with E-state index in [1.807, 2.05) is 30.1 Å². The van der Waals surface area contributed by atoms with Crippen molar-refractivity contribution in [2.45, 2.75) is 32.9 Å². The maximum absolute atomic E-state index is 12.9. The molecular formula is C17H22FN3. The van der Waals surface area contributed by atoms with Crippen LogP contribution in [0.1, 0.15) is 26.3 Å². The molecule has 0 aliphatic rings. The minimum absolute atomic E-state index is 0.0266. The molecule has 0 amide bonds. The lowest BCUT2D eigenvalue weighted by atomic mass is 10.1. The second-order valence-corrected chi connectivity index (χ2v) is 6.24. The third-order valence-electron chi connectivity index (χ3n) is 2.96. The minimum Gasteiger partial charge on any atom is -0.365 e. The molecule has 0 unspecified atom stereocenters. The van der Waals surface area contributed by atoms with E-state index in [1.54, 1.807) is 12.1 Å². The molecule has 0 radical (unpaired) electrons. The molecule has 0 aliphatic heterocycles. The summed E-state index contributed by atoms with van der Waals surface area (Å²) in [5, 5.41) is 3.36. The van der Waals surface area contributed by atoms with Gasteiger partial charge in [0.25, 0.3) is 0 Å². The first kappa shape index (κ1) is 15.3. The monoisotopic (exact) mass is 287 g/mol. The molecule has 3 nitrogen and oxygen atoms in total. The van der Waals surface area contributed by atoms with E-state index in [0.29, 0.717) is 6.54 Å². The highest BCUT2D eigenvalue weighted by molar-refractivity contribution is 5.48. The molecule has 0 fully saturated rings. The highest BCUT2D eigenvalue weighted by atomic mass is 19.1. The number of aromatic nitrogens is 1. The molecule has 0 saturated carbocycles. The molecule has 0 saturated heterocycles. The number of nitrogens with zero attached hydrogens (tertiary/aromatic N) is 2. The van der Waals surface area contributed by atoms with Crippen LogP contribution in [0.25, 0.3) is 0 Å². The Morgan fingerprint density at radius 2 is 1.76 bits per heavy atom. The van der Waals surface area contributed by atoms with E-state index >= 15 is 0 Å². The Labute approximate surface area is 125 Å². The highest BCUT2D eigenvalue weighted by Crippen LogP contribution is 2.18. The van der Waals surface area contributed by atoms with Gasteiger partial charge in [-0.25, -0.2) is 9.37 Å². The van der Waals surface area contributed by atoms with Crippen molar-refractivity contribution in [1.29, 1.82) is 0 Å². The van der Waals surface area contributed by atoms with Gasteiger partial charge in [-0.15, -0.1) is 0 Å². The molecule has 2 aromatic rings. The first-order valence-corrected chi connectivity index (χ1v) is 7.04. The Balaban J connectivity index is 2.10. The summed E-state index contributed by atoms with van der Waals surface area (Å²) in [5.74, 6) is 1.52. The van der Waals surface area contributed by atoms with E-state index in [1.165, 1.54) is 12.1 Å². The van der Waals surface area contributed by atoms with Crippen molar-refractivity contribution in [1.82, 2.24) is 4.98 Å². The van der Waals surface area contributed by atoms with E-state index in [4.69, 9.17) is 0 Å². The zero-order chi connectivity index (χ0) is 15.5. The fourth-order valence-electron chi connectivity index (χ4n) is 2.03. The average Bonchev–Trinajstić information content (AvgIpc) is 2.40. The predicted octanol–water partition coefficient (Wildman–Crippen LogP) is 4.07. The van der Waals surface area contributed by atoms with Crippen LogP contribution in [0.2, 0.25) is 0 Å². The Morgan fingerprint density at radius 3 is 2.38 bits per heavy atom. The average molecular weight is 287 g/mol. The summed E-state index contributed by atoms with van der Waals surface area (Å²) in [4.78, 5) is 6.66. The normalized spacial score (nSPS) is 11.3. The topological polar surface area (TPSA) is 28.2 Å². The number of pyridine rings is 1. The summed E-state index contributed by atoms with van der Waals surface area (Å²) in [6, 6.07) is 12.5. The number of halogens is 1. The van der Waals surface area contributed by atoms with E-state index in [0.717, 1.165) is 17.2 Å². The standard InChI is InChI=1S/C17H22FN3/c1-17(2,3)20-15-6-5-7-16(19-15)21(4)12-13-8-10-14(18)11-9-13/h5-11H,12H2,1-4H3,(H,19,20). The zero-order valence-corrected chi connectivity index (χ0v) is 13.0. The summed E-state index contributed by atoms with van der Waals surface area (Å²) in [5.41, 5.74) is 1.02. The van der Waals surface area contributed by atoms with Crippen LogP contribution in [-0.4, -0.2) is 17.6 Å². The Kier molecular flexibility index (Phi) is 4.46. The van der Waals surface area contributed by atoms with Gasteiger partial charge in [0, 0.05) is 19.1 Å². The number of hydrogen-bond acceptors (Lipinski definition) is 3. The number of anilines is 2. The van der Waals surface area contributed by atoms with Crippen LogP contribution in [-0.2, 0) is 6.54 Å². The zero-order valence-electron chi connectivity index (χ0n) is 13.0. The molecule has 1 N–H and O–H groups in total. The van der Waals surface area contributed by atoms with Crippen molar-refractivity contribution in [3.05, 3.63) is 53.8 Å². The van der Waals surface area contributed by atoms with Gasteiger partial charge in [-0.3, -0.25) is 0 Å². The van der Waals surface area contributed by atoms with Gasteiger partial charge in [0.15, 0.2) is 0 Å². The van der Waals surface area contributed by atoms with Crippen molar-refractivity contribution in [3.8, 4) is 0 Å². The lowest BCUT2D eigenvalue weighted by Crippen LogP contribution is -2.27. The third-order valence-corrected chi connectivity index (χ3v) is 2.96. The summed E-state index contributed by atoms with van der Waals surface area (Å²) in [7, 11) is 1.98. The van der Waals surface area contributed by atoms with Crippen molar-refractivity contribution in [2.75, 3.05) is 17.3 Å². The van der Waals surface area contributed by atoms with Crippen LogP contribution in [0.15, 0.2) is 42.5 Å². The van der Waals surface area contributed by atoms with Gasteiger partial charge in [0.2, 0.25) is 0 Å². The van der Waals surface area contributed by atoms with Crippen molar-refractivity contribution in [3.63, 3.8) is 0 Å². The molecular weight excluding hydrogens is 265 g/mol. The van der Waals surface area contributed by atoms with E-state index in [-0.39, 0.29) is 11.4 Å². The van der Waals surface area contributed by atoms with E-state index < -0.39 is 0 Å². The molecule has 1 heterocycles. The van der Waals surface area contributed by atoms with Crippen LogP contribution in [0, 0.1) is 5.82 Å². The first-order valence-electron chi connectivity index (χ1n) is 7.04. The molecule has 0 bridgehead atoms. The fourth-order valence-corrected chi connectivity index (χ4v) is 2.03. The van der Waals surface area contributed by atoms with Crippen molar-refractivity contribution >= 4 is 11.6 Å². The van der Waals surface area contributed by atoms with Crippen LogP contribution >= 0.6 is 0 Å². The second-order valence-electron chi connectivity index (χ2n) is 6.24. The Morgan fingerprint density at radius 1 is 1.10 bits per heavy atom. The molecule has 0 spiro atoms. The third kappa shape index (κ3) is 4.74. The Bertz CT molecular complexity index is 588. The summed E-state index contributed by atoms with van der Waals surface area (Å²) in [6.07, 6.45) is 0. The smallest absolute Gasteiger partial charge is 0.130 e. The van der Waals surface area contributed by atoms with Gasteiger partial charge in [-0.2, -0.15) is 0 Å². The van der Waals surface area contributed by atoms with E-state index in [2.05, 4.69) is 31.1 Å². The highest BCUT2D eigenvalue weighted by Gasteiger charge is 2.11. The van der Waals surface area contributed by atoms with E-state index in [9.17, 15) is 4.39 Å². The lowest BCUT2D eigenvalue weighted by Gasteiger charge is -2.23. The molecule has 1 aromatic carbocycles.